The molecule has 2 rings (SSSR count). The van der Waals surface area contributed by atoms with Crippen LogP contribution in [0.2, 0.25) is 0 Å². The topological polar surface area (TPSA) is 9.23 Å². The molecule has 0 saturated carbocycles. The van der Waals surface area contributed by atoms with E-state index in [1.54, 1.807) is 36.4 Å². The maximum Gasteiger partial charge on any atom is 0.139 e. The molecular weight excluding hydrogens is 262 g/mol. The van der Waals surface area contributed by atoms with Gasteiger partial charge >= 0.3 is 0 Å². The first-order valence-electron chi connectivity index (χ1n) is 4.77. The predicted octanol–water partition coefficient (Wildman–Crippen LogP) is 4.70. The lowest BCUT2D eigenvalue weighted by molar-refractivity contribution is 0.593. The summed E-state index contributed by atoms with van der Waals surface area (Å²) < 4.78 is 31.5. The minimum Gasteiger partial charge on any atom is -0.237 e. The van der Waals surface area contributed by atoms with Gasteiger partial charge in [0.25, 0.3) is 0 Å². The van der Waals surface area contributed by atoms with Crippen LogP contribution in [0.1, 0.15) is 0 Å². The van der Waals surface area contributed by atoms with Gasteiger partial charge in [0.05, 0.1) is 9.79 Å². The Labute approximate surface area is 107 Å². The molecule has 0 radical (unpaired) electrons. The normalized spacial score (nSPS) is 10.5. The summed E-state index contributed by atoms with van der Waals surface area (Å²) >= 11 is 1.74. The van der Waals surface area contributed by atoms with E-state index in [1.165, 1.54) is 12.1 Å². The van der Waals surface area contributed by atoms with E-state index in [0.717, 1.165) is 24.1 Å². The third-order valence-corrected chi connectivity index (χ3v) is 3.49. The molecule has 0 saturated heterocycles. The first-order valence-corrected chi connectivity index (χ1v) is 6.26. The third kappa shape index (κ3) is 3.46. The van der Waals surface area contributed by atoms with Crippen molar-refractivity contribution in [3.63, 3.8) is 0 Å². The van der Waals surface area contributed by atoms with Crippen LogP contribution in [-0.4, -0.2) is 0 Å². The first kappa shape index (κ1) is 12.4. The molecule has 0 bridgehead atoms. The fourth-order valence-corrected chi connectivity index (χ4v) is 2.40. The van der Waals surface area contributed by atoms with Crippen LogP contribution >= 0.6 is 24.1 Å². The van der Waals surface area contributed by atoms with Crippen molar-refractivity contribution in [2.24, 2.45) is 0 Å². The maximum absolute atomic E-state index is 13.2. The number of hydrogen-bond donors (Lipinski definition) is 0. The molecule has 0 aliphatic carbocycles. The van der Waals surface area contributed by atoms with Gasteiger partial charge in [0.1, 0.15) is 11.6 Å². The number of hydrogen-bond acceptors (Lipinski definition) is 3. The molecule has 0 aromatic heterocycles. The van der Waals surface area contributed by atoms with Crippen molar-refractivity contribution in [3.8, 4) is 0 Å². The van der Waals surface area contributed by atoms with Gasteiger partial charge in [0, 0.05) is 24.1 Å². The van der Waals surface area contributed by atoms with Gasteiger partial charge in [-0.05, 0) is 24.3 Å². The second-order valence-electron chi connectivity index (χ2n) is 3.10. The molecule has 5 heteroatoms. The van der Waals surface area contributed by atoms with E-state index in [1.807, 2.05) is 0 Å². The van der Waals surface area contributed by atoms with Gasteiger partial charge in [-0.15, -0.1) is 0 Å². The Morgan fingerprint density at radius 3 is 1.53 bits per heavy atom. The molecule has 0 aliphatic rings. The van der Waals surface area contributed by atoms with Crippen LogP contribution in [0, 0.1) is 11.6 Å². The van der Waals surface area contributed by atoms with Crippen molar-refractivity contribution >= 4 is 24.1 Å². The summed E-state index contributed by atoms with van der Waals surface area (Å²) in [4.78, 5) is 0.743. The van der Waals surface area contributed by atoms with Gasteiger partial charge in [0.15, 0.2) is 0 Å². The Bertz CT molecular complexity index is 460. The summed E-state index contributed by atoms with van der Waals surface area (Å²) in [7, 11) is 0. The van der Waals surface area contributed by atoms with E-state index in [-0.39, 0.29) is 11.6 Å². The zero-order chi connectivity index (χ0) is 12.1. The molecular formula is C12H8F2OS2. The molecule has 0 fully saturated rings. The molecule has 0 spiro atoms. The molecule has 0 aliphatic heterocycles. The van der Waals surface area contributed by atoms with E-state index in [9.17, 15) is 8.78 Å². The van der Waals surface area contributed by atoms with Crippen LogP contribution in [-0.2, 0) is 3.63 Å². The van der Waals surface area contributed by atoms with Crippen LogP contribution in [0.15, 0.2) is 58.3 Å². The molecule has 0 amide bonds. The Hall–Kier alpha value is -1.04. The second kappa shape index (κ2) is 6.05. The fraction of sp³-hybridized carbons (Fsp3) is 0. The van der Waals surface area contributed by atoms with Gasteiger partial charge in [-0.25, -0.2) is 12.4 Å². The zero-order valence-electron chi connectivity index (χ0n) is 8.60. The highest BCUT2D eigenvalue weighted by Gasteiger charge is 2.05. The molecule has 17 heavy (non-hydrogen) atoms. The van der Waals surface area contributed by atoms with E-state index in [2.05, 4.69) is 0 Å². The largest absolute Gasteiger partial charge is 0.237 e. The standard InChI is InChI=1S/C12H8F2OS2/c13-9-5-1-3-7-11(9)16-15-17-12-8-4-2-6-10(12)14/h1-8H. The van der Waals surface area contributed by atoms with Crippen molar-refractivity contribution in [2.75, 3.05) is 0 Å². The van der Waals surface area contributed by atoms with Crippen LogP contribution < -0.4 is 0 Å². The quantitative estimate of drug-likeness (QED) is 0.745. The maximum atomic E-state index is 13.2. The average Bonchev–Trinajstić information content (AvgIpc) is 2.34. The molecule has 0 N–H and O–H groups in total. The number of rotatable bonds is 4. The molecule has 0 unspecified atom stereocenters. The fourth-order valence-electron chi connectivity index (χ4n) is 1.11. The van der Waals surface area contributed by atoms with E-state index in [0.29, 0.717) is 9.79 Å². The second-order valence-corrected chi connectivity index (χ2v) is 4.85. The third-order valence-electron chi connectivity index (χ3n) is 1.92. The molecule has 1 nitrogen and oxygen atoms in total. The summed E-state index contributed by atoms with van der Waals surface area (Å²) in [6.07, 6.45) is 0. The number of benzene rings is 2. The zero-order valence-corrected chi connectivity index (χ0v) is 10.2. The highest BCUT2D eigenvalue weighted by Crippen LogP contribution is 2.31. The summed E-state index contributed by atoms with van der Waals surface area (Å²) in [5.41, 5.74) is 0. The summed E-state index contributed by atoms with van der Waals surface area (Å²) in [5, 5.41) is 0. The molecule has 0 heterocycles. The van der Waals surface area contributed by atoms with E-state index in [4.69, 9.17) is 3.63 Å². The van der Waals surface area contributed by atoms with Crippen molar-refractivity contribution < 1.29 is 12.4 Å². The lowest BCUT2D eigenvalue weighted by atomic mass is 10.4. The van der Waals surface area contributed by atoms with Crippen LogP contribution in [0.25, 0.3) is 0 Å². The molecule has 88 valence electrons. The van der Waals surface area contributed by atoms with Gasteiger partial charge in [-0.2, -0.15) is 0 Å². The monoisotopic (exact) mass is 270 g/mol. The van der Waals surface area contributed by atoms with Crippen molar-refractivity contribution in [1.82, 2.24) is 0 Å². The predicted molar refractivity (Wildman–Crippen MR) is 65.6 cm³/mol. The van der Waals surface area contributed by atoms with Crippen molar-refractivity contribution in [2.45, 2.75) is 9.79 Å². The van der Waals surface area contributed by atoms with Gasteiger partial charge < -0.3 is 0 Å². The highest BCUT2D eigenvalue weighted by atomic mass is 32.2. The Kier molecular flexibility index (Phi) is 4.42. The minimum absolute atomic E-state index is 0.355. The molecule has 0 atom stereocenters. The van der Waals surface area contributed by atoms with Crippen molar-refractivity contribution in [1.29, 1.82) is 0 Å². The van der Waals surface area contributed by atoms with Crippen molar-refractivity contribution in [3.05, 3.63) is 60.2 Å². The summed E-state index contributed by atoms with van der Waals surface area (Å²) in [6.45, 7) is 0. The SMILES string of the molecule is Fc1ccccc1SOSc1ccccc1F. The minimum atomic E-state index is -0.355. The Balaban J connectivity index is 1.93. The lowest BCUT2D eigenvalue weighted by Gasteiger charge is -2.02. The average molecular weight is 270 g/mol. The smallest absolute Gasteiger partial charge is 0.139 e. The van der Waals surface area contributed by atoms with Crippen LogP contribution in [0.3, 0.4) is 0 Å². The van der Waals surface area contributed by atoms with E-state index < -0.39 is 0 Å². The van der Waals surface area contributed by atoms with E-state index >= 15 is 0 Å². The molecule has 2 aromatic rings. The first-order chi connectivity index (χ1) is 8.27. The Morgan fingerprint density at radius 2 is 1.12 bits per heavy atom. The van der Waals surface area contributed by atoms with Gasteiger partial charge in [-0.3, -0.25) is 0 Å². The summed E-state index contributed by atoms with van der Waals surface area (Å²) in [5.74, 6) is -0.710. The summed E-state index contributed by atoms with van der Waals surface area (Å²) in [6, 6.07) is 12.5. The van der Waals surface area contributed by atoms with Crippen LogP contribution in [0.5, 0.6) is 0 Å². The highest BCUT2D eigenvalue weighted by molar-refractivity contribution is 8.07. The van der Waals surface area contributed by atoms with Gasteiger partial charge in [-0.1, -0.05) is 24.3 Å². The Morgan fingerprint density at radius 1 is 0.706 bits per heavy atom. The van der Waals surface area contributed by atoms with Crippen LogP contribution in [0.4, 0.5) is 8.78 Å². The lowest BCUT2D eigenvalue weighted by Crippen LogP contribution is -1.81. The van der Waals surface area contributed by atoms with Gasteiger partial charge in [0.2, 0.25) is 0 Å². The number of halogens is 2. The molecule has 2 aromatic carbocycles.